The van der Waals surface area contributed by atoms with Crippen LogP contribution in [-0.2, 0) is 0 Å². The highest BCUT2D eigenvalue weighted by molar-refractivity contribution is 9.10. The summed E-state index contributed by atoms with van der Waals surface area (Å²) < 4.78 is 0.812. The Labute approximate surface area is 113 Å². The average molecular weight is 307 g/mol. The van der Waals surface area contributed by atoms with E-state index in [1.807, 2.05) is 0 Å². The topological polar surface area (TPSA) is 62.2 Å². The minimum Gasteiger partial charge on any atom is -0.508 e. The molecule has 5 heteroatoms. The molecular formula is C13H11BrN2O2. The summed E-state index contributed by atoms with van der Waals surface area (Å²) in [5.74, 6) is -0.165. The van der Waals surface area contributed by atoms with Gasteiger partial charge in [-0.15, -0.1) is 0 Å². The zero-order chi connectivity index (χ0) is 13.1. The number of anilines is 1. The van der Waals surface area contributed by atoms with Crippen LogP contribution in [0.1, 0.15) is 16.1 Å². The van der Waals surface area contributed by atoms with E-state index < -0.39 is 0 Å². The molecule has 1 heterocycles. The lowest BCUT2D eigenvalue weighted by atomic mass is 10.2. The second-order valence-corrected chi connectivity index (χ2v) is 4.73. The Hall–Kier alpha value is -1.88. The lowest BCUT2D eigenvalue weighted by Crippen LogP contribution is -2.13. The molecule has 0 unspecified atom stereocenters. The Kier molecular flexibility index (Phi) is 3.62. The van der Waals surface area contributed by atoms with Crippen LogP contribution in [-0.4, -0.2) is 16.0 Å². The van der Waals surface area contributed by atoms with Crippen LogP contribution in [0.5, 0.6) is 5.75 Å². The maximum atomic E-state index is 11.9. The minimum absolute atomic E-state index is 0.150. The van der Waals surface area contributed by atoms with Gasteiger partial charge in [0.05, 0.1) is 0 Å². The van der Waals surface area contributed by atoms with Crippen molar-refractivity contribution in [3.05, 3.63) is 52.3 Å². The number of carbonyl (C=O) groups is 1. The normalized spacial score (nSPS) is 10.1. The molecule has 0 saturated carbocycles. The first-order valence-electron chi connectivity index (χ1n) is 5.29. The molecule has 2 rings (SSSR count). The molecule has 0 bridgehead atoms. The number of hydrogen-bond donors (Lipinski definition) is 2. The van der Waals surface area contributed by atoms with Crippen LogP contribution in [0.25, 0.3) is 0 Å². The van der Waals surface area contributed by atoms with Crippen LogP contribution in [0.3, 0.4) is 0 Å². The molecule has 0 radical (unpaired) electrons. The van der Waals surface area contributed by atoms with Crippen molar-refractivity contribution in [1.82, 2.24) is 4.98 Å². The number of carbonyl (C=O) groups excluding carboxylic acids is 1. The molecule has 1 amide bonds. The van der Waals surface area contributed by atoms with Gasteiger partial charge in [-0.2, -0.15) is 0 Å². The molecular weight excluding hydrogens is 296 g/mol. The highest BCUT2D eigenvalue weighted by Gasteiger charge is 2.08. The van der Waals surface area contributed by atoms with Gasteiger partial charge in [-0.05, 0) is 46.6 Å². The van der Waals surface area contributed by atoms with Crippen molar-refractivity contribution in [3.8, 4) is 5.75 Å². The van der Waals surface area contributed by atoms with E-state index in [9.17, 15) is 9.90 Å². The van der Waals surface area contributed by atoms with Gasteiger partial charge in [-0.25, -0.2) is 4.98 Å². The van der Waals surface area contributed by atoms with E-state index in [2.05, 4.69) is 26.2 Å². The summed E-state index contributed by atoms with van der Waals surface area (Å²) in [6, 6.07) is 8.33. The second-order valence-electron chi connectivity index (χ2n) is 3.82. The van der Waals surface area contributed by atoms with E-state index in [4.69, 9.17) is 0 Å². The molecule has 18 heavy (non-hydrogen) atoms. The zero-order valence-electron chi connectivity index (χ0n) is 9.64. The largest absolute Gasteiger partial charge is 0.508 e. The zero-order valence-corrected chi connectivity index (χ0v) is 11.2. The summed E-state index contributed by atoms with van der Waals surface area (Å²) in [5.41, 5.74) is 1.61. The second kappa shape index (κ2) is 5.18. The van der Waals surface area contributed by atoms with Crippen molar-refractivity contribution in [2.24, 2.45) is 0 Å². The third kappa shape index (κ3) is 2.87. The van der Waals surface area contributed by atoms with Gasteiger partial charge < -0.3 is 10.4 Å². The van der Waals surface area contributed by atoms with Gasteiger partial charge in [-0.1, -0.05) is 6.07 Å². The summed E-state index contributed by atoms with van der Waals surface area (Å²) in [6.45, 7) is 1.79. The van der Waals surface area contributed by atoms with Crippen molar-refractivity contribution < 1.29 is 9.90 Å². The SMILES string of the molecule is Cc1ccc(NC(=O)c2ccc(Br)cn2)cc1O. The Morgan fingerprint density at radius 2 is 2.11 bits per heavy atom. The first-order chi connectivity index (χ1) is 8.56. The molecule has 0 saturated heterocycles. The van der Waals surface area contributed by atoms with Gasteiger partial charge in [0.15, 0.2) is 0 Å². The first-order valence-corrected chi connectivity index (χ1v) is 6.08. The fourth-order valence-electron chi connectivity index (χ4n) is 1.39. The number of nitrogens with one attached hydrogen (secondary N) is 1. The number of nitrogens with zero attached hydrogens (tertiary/aromatic N) is 1. The maximum Gasteiger partial charge on any atom is 0.274 e. The van der Waals surface area contributed by atoms with Gasteiger partial charge in [0.2, 0.25) is 0 Å². The number of benzene rings is 1. The van der Waals surface area contributed by atoms with E-state index in [0.29, 0.717) is 11.4 Å². The van der Waals surface area contributed by atoms with Crippen molar-refractivity contribution in [2.75, 3.05) is 5.32 Å². The summed E-state index contributed by atoms with van der Waals surface area (Å²) in [5, 5.41) is 12.2. The Balaban J connectivity index is 2.16. The summed E-state index contributed by atoms with van der Waals surface area (Å²) in [6.07, 6.45) is 1.56. The molecule has 1 aromatic heterocycles. The number of phenolic OH excluding ortho intramolecular Hbond substituents is 1. The number of phenols is 1. The molecule has 1 aromatic carbocycles. The number of amides is 1. The van der Waals surface area contributed by atoms with E-state index in [1.54, 1.807) is 37.4 Å². The van der Waals surface area contributed by atoms with Gasteiger partial charge in [0.1, 0.15) is 11.4 Å². The smallest absolute Gasteiger partial charge is 0.274 e. The number of aromatic nitrogens is 1. The van der Waals surface area contributed by atoms with E-state index in [0.717, 1.165) is 10.0 Å². The predicted molar refractivity (Wildman–Crippen MR) is 72.7 cm³/mol. The van der Waals surface area contributed by atoms with E-state index in [-0.39, 0.29) is 11.7 Å². The number of aryl methyl sites for hydroxylation is 1. The molecule has 0 spiro atoms. The van der Waals surface area contributed by atoms with Gasteiger partial charge in [-0.3, -0.25) is 4.79 Å². The van der Waals surface area contributed by atoms with E-state index >= 15 is 0 Å². The van der Waals surface area contributed by atoms with Crippen LogP contribution in [0.2, 0.25) is 0 Å². The first kappa shape index (κ1) is 12.6. The van der Waals surface area contributed by atoms with Crippen LogP contribution in [0, 0.1) is 6.92 Å². The molecule has 0 fully saturated rings. The van der Waals surface area contributed by atoms with Gasteiger partial charge in [0, 0.05) is 22.4 Å². The summed E-state index contributed by atoms with van der Waals surface area (Å²) in [4.78, 5) is 15.8. The highest BCUT2D eigenvalue weighted by Crippen LogP contribution is 2.21. The molecule has 4 nitrogen and oxygen atoms in total. The summed E-state index contributed by atoms with van der Waals surface area (Å²) >= 11 is 3.25. The molecule has 92 valence electrons. The van der Waals surface area contributed by atoms with Crippen LogP contribution in [0.15, 0.2) is 41.0 Å². The van der Waals surface area contributed by atoms with Crippen molar-refractivity contribution in [1.29, 1.82) is 0 Å². The fourth-order valence-corrected chi connectivity index (χ4v) is 1.63. The maximum absolute atomic E-state index is 11.9. The molecule has 2 aromatic rings. The van der Waals surface area contributed by atoms with Crippen molar-refractivity contribution in [3.63, 3.8) is 0 Å². The molecule has 2 N–H and O–H groups in total. The number of rotatable bonds is 2. The standard InChI is InChI=1S/C13H11BrN2O2/c1-8-2-4-10(6-12(8)17)16-13(18)11-5-3-9(14)7-15-11/h2-7,17H,1H3,(H,16,18). The third-order valence-electron chi connectivity index (χ3n) is 2.43. The lowest BCUT2D eigenvalue weighted by Gasteiger charge is -2.06. The van der Waals surface area contributed by atoms with Crippen LogP contribution < -0.4 is 5.32 Å². The fraction of sp³-hybridized carbons (Fsp3) is 0.0769. The minimum atomic E-state index is -0.314. The average Bonchev–Trinajstić information content (AvgIpc) is 2.34. The Morgan fingerprint density at radius 1 is 1.33 bits per heavy atom. The van der Waals surface area contributed by atoms with Crippen LogP contribution >= 0.6 is 15.9 Å². The number of hydrogen-bond acceptors (Lipinski definition) is 3. The number of aromatic hydroxyl groups is 1. The monoisotopic (exact) mass is 306 g/mol. The van der Waals surface area contributed by atoms with Gasteiger partial charge in [0.25, 0.3) is 5.91 Å². The third-order valence-corrected chi connectivity index (χ3v) is 2.90. The predicted octanol–water partition coefficient (Wildman–Crippen LogP) is 3.11. The Bertz CT molecular complexity index is 582. The molecule has 0 atom stereocenters. The van der Waals surface area contributed by atoms with Crippen molar-refractivity contribution in [2.45, 2.75) is 6.92 Å². The lowest BCUT2D eigenvalue weighted by molar-refractivity contribution is 0.102. The quantitative estimate of drug-likeness (QED) is 0.896. The molecule has 0 aliphatic carbocycles. The number of halogens is 1. The van der Waals surface area contributed by atoms with Gasteiger partial charge >= 0.3 is 0 Å². The molecule has 0 aliphatic rings. The van der Waals surface area contributed by atoms with E-state index in [1.165, 1.54) is 6.07 Å². The number of pyridine rings is 1. The highest BCUT2D eigenvalue weighted by atomic mass is 79.9. The van der Waals surface area contributed by atoms with Crippen LogP contribution in [0.4, 0.5) is 5.69 Å². The Morgan fingerprint density at radius 3 is 2.72 bits per heavy atom. The summed E-state index contributed by atoms with van der Waals surface area (Å²) in [7, 11) is 0. The molecule has 0 aliphatic heterocycles. The van der Waals surface area contributed by atoms with Crippen molar-refractivity contribution >= 4 is 27.5 Å².